The number of piperidine rings is 1. The van der Waals surface area contributed by atoms with Gasteiger partial charge in [-0.05, 0) is 51.5 Å². The maximum absolute atomic E-state index is 12.9. The molecule has 1 N–H and O–H groups in total. The van der Waals surface area contributed by atoms with Crippen molar-refractivity contribution in [2.75, 3.05) is 13.1 Å². The van der Waals surface area contributed by atoms with Crippen LogP contribution in [0.2, 0.25) is 0 Å². The van der Waals surface area contributed by atoms with Gasteiger partial charge in [-0.3, -0.25) is 4.79 Å². The van der Waals surface area contributed by atoms with E-state index in [9.17, 15) is 4.79 Å². The molecule has 0 aromatic heterocycles. The molecule has 0 radical (unpaired) electrons. The molecular weight excluding hydrogens is 284 g/mol. The molecular formula is C17H33ClN2O. The third-order valence-electron chi connectivity index (χ3n) is 4.88. The van der Waals surface area contributed by atoms with Crippen LogP contribution in [-0.2, 0) is 4.79 Å². The highest BCUT2D eigenvalue weighted by molar-refractivity contribution is 5.85. The van der Waals surface area contributed by atoms with Crippen molar-refractivity contribution in [1.29, 1.82) is 0 Å². The summed E-state index contributed by atoms with van der Waals surface area (Å²) >= 11 is 0. The molecule has 1 amide bonds. The van der Waals surface area contributed by atoms with Crippen molar-refractivity contribution in [2.45, 2.75) is 77.8 Å². The zero-order valence-corrected chi connectivity index (χ0v) is 14.8. The zero-order valence-electron chi connectivity index (χ0n) is 13.9. The van der Waals surface area contributed by atoms with E-state index in [0.29, 0.717) is 23.9 Å². The van der Waals surface area contributed by atoms with Gasteiger partial charge >= 0.3 is 0 Å². The topological polar surface area (TPSA) is 32.3 Å². The molecule has 4 heteroatoms. The third kappa shape index (κ3) is 5.45. The Bertz CT molecular complexity index is 322. The predicted octanol–water partition coefficient (Wildman–Crippen LogP) is 3.61. The fourth-order valence-electron chi connectivity index (χ4n) is 3.85. The predicted molar refractivity (Wildman–Crippen MR) is 90.9 cm³/mol. The minimum Gasteiger partial charge on any atom is -0.339 e. The third-order valence-corrected chi connectivity index (χ3v) is 4.88. The molecule has 2 aliphatic heterocycles. The van der Waals surface area contributed by atoms with Gasteiger partial charge in [-0.1, -0.05) is 26.7 Å². The maximum atomic E-state index is 12.9. The second kappa shape index (κ2) is 8.99. The Morgan fingerprint density at radius 1 is 1.24 bits per heavy atom. The van der Waals surface area contributed by atoms with Crippen molar-refractivity contribution in [3.05, 3.63) is 0 Å². The summed E-state index contributed by atoms with van der Waals surface area (Å²) < 4.78 is 0. The minimum atomic E-state index is 0. The second-order valence-electron chi connectivity index (χ2n) is 7.24. The average Bonchev–Trinajstić information content (AvgIpc) is 2.63. The van der Waals surface area contributed by atoms with Gasteiger partial charge in [0.1, 0.15) is 0 Å². The van der Waals surface area contributed by atoms with Gasteiger partial charge in [0, 0.05) is 24.5 Å². The van der Waals surface area contributed by atoms with Crippen LogP contribution in [0.25, 0.3) is 0 Å². The molecule has 0 aromatic carbocycles. The minimum absolute atomic E-state index is 0. The van der Waals surface area contributed by atoms with Gasteiger partial charge in [-0.15, -0.1) is 12.4 Å². The number of rotatable bonds is 3. The number of carbonyl (C=O) groups excluding carboxylic acids is 1. The first kappa shape index (κ1) is 18.8. The van der Waals surface area contributed by atoms with Crippen molar-refractivity contribution in [3.63, 3.8) is 0 Å². The number of carbonyl (C=O) groups is 1. The van der Waals surface area contributed by atoms with Crippen LogP contribution in [0.1, 0.15) is 65.7 Å². The molecule has 0 aromatic rings. The number of amides is 1. The van der Waals surface area contributed by atoms with Gasteiger partial charge in [0.2, 0.25) is 5.91 Å². The number of likely N-dealkylation sites (tertiary alicyclic amines) is 1. The largest absolute Gasteiger partial charge is 0.339 e. The second-order valence-corrected chi connectivity index (χ2v) is 7.24. The summed E-state index contributed by atoms with van der Waals surface area (Å²) in [5.74, 6) is 1.39. The lowest BCUT2D eigenvalue weighted by molar-refractivity contribution is -0.139. The molecule has 0 saturated carbocycles. The van der Waals surface area contributed by atoms with E-state index in [0.717, 1.165) is 25.9 Å². The smallest absolute Gasteiger partial charge is 0.226 e. The van der Waals surface area contributed by atoms with Crippen LogP contribution >= 0.6 is 12.4 Å². The monoisotopic (exact) mass is 316 g/mol. The highest BCUT2D eigenvalue weighted by Gasteiger charge is 2.32. The normalized spacial score (nSPS) is 30.7. The first-order chi connectivity index (χ1) is 9.58. The van der Waals surface area contributed by atoms with Crippen LogP contribution in [0.3, 0.4) is 0 Å². The van der Waals surface area contributed by atoms with Crippen LogP contribution in [0.5, 0.6) is 0 Å². The van der Waals surface area contributed by atoms with E-state index in [4.69, 9.17) is 0 Å². The SMILES string of the molecule is CC(C)CC1CCCCCN1C(=O)[C@H]1CCN[C@@H](C)C1.Cl. The number of nitrogens with zero attached hydrogens (tertiary/aromatic N) is 1. The van der Waals surface area contributed by atoms with E-state index < -0.39 is 0 Å². The van der Waals surface area contributed by atoms with E-state index in [1.54, 1.807) is 0 Å². The highest BCUT2D eigenvalue weighted by Crippen LogP contribution is 2.27. The lowest BCUT2D eigenvalue weighted by Crippen LogP contribution is -2.48. The summed E-state index contributed by atoms with van der Waals surface area (Å²) in [6.07, 6.45) is 8.21. The summed E-state index contributed by atoms with van der Waals surface area (Å²) in [7, 11) is 0. The molecule has 3 atom stereocenters. The Morgan fingerprint density at radius 2 is 2.00 bits per heavy atom. The van der Waals surface area contributed by atoms with Crippen LogP contribution in [0.4, 0.5) is 0 Å². The van der Waals surface area contributed by atoms with E-state index in [-0.39, 0.29) is 18.3 Å². The van der Waals surface area contributed by atoms with E-state index in [2.05, 4.69) is 31.0 Å². The molecule has 0 bridgehead atoms. The number of hydrogen-bond donors (Lipinski definition) is 1. The van der Waals surface area contributed by atoms with Gasteiger partial charge in [0.25, 0.3) is 0 Å². The lowest BCUT2D eigenvalue weighted by Gasteiger charge is -2.36. The van der Waals surface area contributed by atoms with Crippen molar-refractivity contribution < 1.29 is 4.79 Å². The van der Waals surface area contributed by atoms with Gasteiger partial charge < -0.3 is 10.2 Å². The Balaban J connectivity index is 0.00000220. The molecule has 2 saturated heterocycles. The van der Waals surface area contributed by atoms with Crippen LogP contribution < -0.4 is 5.32 Å². The van der Waals surface area contributed by atoms with Crippen LogP contribution in [-0.4, -0.2) is 36.0 Å². The van der Waals surface area contributed by atoms with Crippen LogP contribution in [0.15, 0.2) is 0 Å². The fourth-order valence-corrected chi connectivity index (χ4v) is 3.85. The van der Waals surface area contributed by atoms with Crippen molar-refractivity contribution in [3.8, 4) is 0 Å². The standard InChI is InChI=1S/C17H32N2O.ClH/c1-13(2)11-16-7-5-4-6-10-19(16)17(20)15-8-9-18-14(3)12-15;/h13-16,18H,4-12H2,1-3H3;1H/t14-,15-,16?;/m0./s1. The summed E-state index contributed by atoms with van der Waals surface area (Å²) in [6, 6.07) is 0.989. The molecule has 2 fully saturated rings. The van der Waals surface area contributed by atoms with Gasteiger partial charge in [-0.25, -0.2) is 0 Å². The zero-order chi connectivity index (χ0) is 14.5. The molecule has 124 valence electrons. The Labute approximate surface area is 136 Å². The number of nitrogens with one attached hydrogen (secondary N) is 1. The fraction of sp³-hybridized carbons (Fsp3) is 0.941. The first-order valence-electron chi connectivity index (χ1n) is 8.61. The van der Waals surface area contributed by atoms with Gasteiger partial charge in [0.05, 0.1) is 0 Å². The van der Waals surface area contributed by atoms with Gasteiger partial charge in [-0.2, -0.15) is 0 Å². The van der Waals surface area contributed by atoms with Crippen molar-refractivity contribution in [1.82, 2.24) is 10.2 Å². The summed E-state index contributed by atoms with van der Waals surface area (Å²) in [5, 5.41) is 3.45. The van der Waals surface area contributed by atoms with Crippen molar-refractivity contribution in [2.24, 2.45) is 11.8 Å². The Morgan fingerprint density at radius 3 is 2.67 bits per heavy atom. The van der Waals surface area contributed by atoms with E-state index in [1.165, 1.54) is 32.1 Å². The molecule has 2 aliphatic rings. The van der Waals surface area contributed by atoms with E-state index in [1.807, 2.05) is 0 Å². The Hall–Kier alpha value is -0.280. The summed E-state index contributed by atoms with van der Waals surface area (Å²) in [5.41, 5.74) is 0. The Kier molecular flexibility index (Phi) is 8.04. The average molecular weight is 317 g/mol. The molecule has 0 spiro atoms. The summed E-state index contributed by atoms with van der Waals surface area (Å²) in [4.78, 5) is 15.2. The first-order valence-corrected chi connectivity index (χ1v) is 8.61. The molecule has 2 heterocycles. The molecule has 3 nitrogen and oxygen atoms in total. The highest BCUT2D eigenvalue weighted by atomic mass is 35.5. The number of halogens is 1. The number of hydrogen-bond acceptors (Lipinski definition) is 2. The molecule has 0 aliphatic carbocycles. The van der Waals surface area contributed by atoms with Crippen LogP contribution in [0, 0.1) is 11.8 Å². The van der Waals surface area contributed by atoms with E-state index >= 15 is 0 Å². The summed E-state index contributed by atoms with van der Waals surface area (Å²) in [6.45, 7) is 8.75. The van der Waals surface area contributed by atoms with Gasteiger partial charge in [0.15, 0.2) is 0 Å². The molecule has 1 unspecified atom stereocenters. The molecule has 2 rings (SSSR count). The lowest BCUT2D eigenvalue weighted by atomic mass is 9.90. The molecule has 21 heavy (non-hydrogen) atoms. The maximum Gasteiger partial charge on any atom is 0.226 e. The quantitative estimate of drug-likeness (QED) is 0.862. The van der Waals surface area contributed by atoms with Crippen molar-refractivity contribution >= 4 is 18.3 Å².